The first-order chi connectivity index (χ1) is 8.74. The van der Waals surface area contributed by atoms with Crippen molar-refractivity contribution in [2.45, 2.75) is 0 Å². The Labute approximate surface area is 111 Å². The van der Waals surface area contributed by atoms with Crippen LogP contribution in [-0.2, 0) is 0 Å². The van der Waals surface area contributed by atoms with Crippen LogP contribution in [-0.4, -0.2) is 34.2 Å². The Balaban J connectivity index is 1.84. The minimum atomic E-state index is -0.432. The van der Waals surface area contributed by atoms with Crippen molar-refractivity contribution < 1.29 is 9.18 Å². The Bertz CT molecular complexity index is 573. The Hall–Kier alpha value is -1.34. The molecule has 0 N–H and O–H groups in total. The van der Waals surface area contributed by atoms with Crippen LogP contribution in [0, 0.1) is 5.82 Å². The number of amides is 1. The Morgan fingerprint density at radius 3 is 3.17 bits per heavy atom. The fourth-order valence-corrected chi connectivity index (χ4v) is 3.91. The third-order valence-electron chi connectivity index (χ3n) is 2.49. The average molecular weight is 281 g/mol. The highest BCUT2D eigenvalue weighted by Crippen LogP contribution is 2.38. The molecular formula is C11H8FN3OS2. The van der Waals surface area contributed by atoms with Gasteiger partial charge in [0.2, 0.25) is 0 Å². The number of amidine groups is 2. The number of hydrogen-bond acceptors (Lipinski definition) is 4. The molecular weight excluding hydrogens is 273 g/mol. The van der Waals surface area contributed by atoms with E-state index < -0.39 is 11.7 Å². The number of aliphatic imine (C=N–C) groups is 2. The summed E-state index contributed by atoms with van der Waals surface area (Å²) in [7, 11) is 2.91. The van der Waals surface area contributed by atoms with Gasteiger partial charge in [-0.05, 0) is 39.8 Å². The second-order valence-electron chi connectivity index (χ2n) is 3.69. The number of carbonyl (C=O) groups excluding carboxylic acids is 1. The average Bonchev–Trinajstić information content (AvgIpc) is 2.94. The van der Waals surface area contributed by atoms with Crippen molar-refractivity contribution in [2.75, 3.05) is 13.1 Å². The van der Waals surface area contributed by atoms with Gasteiger partial charge in [-0.15, -0.1) is 0 Å². The zero-order valence-corrected chi connectivity index (χ0v) is 10.8. The van der Waals surface area contributed by atoms with Crippen LogP contribution in [0.3, 0.4) is 0 Å². The molecule has 0 aromatic heterocycles. The number of nitrogens with zero attached hydrogens (tertiary/aromatic N) is 3. The van der Waals surface area contributed by atoms with E-state index in [1.54, 1.807) is 6.07 Å². The molecule has 0 atom stereocenters. The van der Waals surface area contributed by atoms with Gasteiger partial charge in [-0.1, -0.05) is 6.07 Å². The largest absolute Gasteiger partial charge is 0.297 e. The molecule has 0 saturated carbocycles. The SMILES string of the molecule is O=C(N=C1SSC2=NCCN21)c1cccc(F)c1. The lowest BCUT2D eigenvalue weighted by molar-refractivity contribution is 0.100. The van der Waals surface area contributed by atoms with E-state index >= 15 is 0 Å². The van der Waals surface area contributed by atoms with Gasteiger partial charge in [0.25, 0.3) is 5.91 Å². The number of carbonyl (C=O) groups is 1. The third-order valence-corrected chi connectivity index (χ3v) is 4.68. The van der Waals surface area contributed by atoms with Gasteiger partial charge >= 0.3 is 0 Å². The molecule has 2 heterocycles. The number of rotatable bonds is 1. The Morgan fingerprint density at radius 2 is 2.33 bits per heavy atom. The van der Waals surface area contributed by atoms with Crippen LogP contribution >= 0.6 is 21.6 Å². The summed E-state index contributed by atoms with van der Waals surface area (Å²) in [6.45, 7) is 1.49. The van der Waals surface area contributed by atoms with Gasteiger partial charge in [0.15, 0.2) is 10.3 Å². The topological polar surface area (TPSA) is 45.0 Å². The van der Waals surface area contributed by atoms with Crippen molar-refractivity contribution >= 4 is 37.8 Å². The van der Waals surface area contributed by atoms with Crippen LogP contribution in [0.4, 0.5) is 4.39 Å². The summed E-state index contributed by atoms with van der Waals surface area (Å²) in [5, 5.41) is 1.52. The van der Waals surface area contributed by atoms with Crippen LogP contribution in [0.15, 0.2) is 34.3 Å². The molecule has 7 heteroatoms. The number of halogens is 1. The van der Waals surface area contributed by atoms with E-state index in [-0.39, 0.29) is 5.56 Å². The summed E-state index contributed by atoms with van der Waals surface area (Å²) in [6.07, 6.45) is 0. The van der Waals surface area contributed by atoms with Crippen LogP contribution in [0.5, 0.6) is 0 Å². The molecule has 0 radical (unpaired) electrons. The molecule has 2 aliphatic rings. The van der Waals surface area contributed by atoms with Crippen molar-refractivity contribution in [3.05, 3.63) is 35.6 Å². The number of hydrogen-bond donors (Lipinski definition) is 0. The summed E-state index contributed by atoms with van der Waals surface area (Å²) in [6, 6.07) is 5.55. The van der Waals surface area contributed by atoms with Gasteiger partial charge in [0, 0.05) is 12.1 Å². The maximum Gasteiger partial charge on any atom is 0.279 e. The standard InChI is InChI=1S/C11H8FN3OS2/c12-8-3-1-2-7(6-8)9(16)14-11-15-5-4-13-10(15)17-18-11/h1-3,6H,4-5H2. The van der Waals surface area contributed by atoms with E-state index in [9.17, 15) is 9.18 Å². The summed E-state index contributed by atoms with van der Waals surface area (Å²) >= 11 is 0. The second kappa shape index (κ2) is 4.74. The molecule has 92 valence electrons. The monoisotopic (exact) mass is 281 g/mol. The first-order valence-corrected chi connectivity index (χ1v) is 7.44. The van der Waals surface area contributed by atoms with Crippen molar-refractivity contribution in [1.82, 2.24) is 4.90 Å². The van der Waals surface area contributed by atoms with E-state index in [4.69, 9.17) is 0 Å². The number of fused-ring (bicyclic) bond motifs is 1. The van der Waals surface area contributed by atoms with Crippen molar-refractivity contribution in [3.8, 4) is 0 Å². The lowest BCUT2D eigenvalue weighted by Crippen LogP contribution is -2.26. The first kappa shape index (κ1) is 11.7. The fraction of sp³-hybridized carbons (Fsp3) is 0.182. The maximum atomic E-state index is 13.0. The molecule has 2 aliphatic heterocycles. The summed E-state index contributed by atoms with van der Waals surface area (Å²) in [5.41, 5.74) is 0.262. The molecule has 1 saturated heterocycles. The summed E-state index contributed by atoms with van der Waals surface area (Å²) in [5.74, 6) is -0.858. The zero-order valence-electron chi connectivity index (χ0n) is 9.17. The molecule has 0 bridgehead atoms. The first-order valence-electron chi connectivity index (χ1n) is 5.29. The van der Waals surface area contributed by atoms with E-state index in [2.05, 4.69) is 9.98 Å². The molecule has 0 unspecified atom stereocenters. The van der Waals surface area contributed by atoms with Gasteiger partial charge in [0.1, 0.15) is 5.82 Å². The van der Waals surface area contributed by atoms with E-state index in [0.717, 1.165) is 18.3 Å². The molecule has 1 fully saturated rings. The lowest BCUT2D eigenvalue weighted by atomic mass is 10.2. The quantitative estimate of drug-likeness (QED) is 0.741. The molecule has 4 nitrogen and oxygen atoms in total. The van der Waals surface area contributed by atoms with Gasteiger partial charge < -0.3 is 0 Å². The highest BCUT2D eigenvalue weighted by Gasteiger charge is 2.31. The highest BCUT2D eigenvalue weighted by molar-refractivity contribution is 8.88. The molecule has 3 rings (SSSR count). The molecule has 0 spiro atoms. The predicted octanol–water partition coefficient (Wildman–Crippen LogP) is 2.39. The smallest absolute Gasteiger partial charge is 0.279 e. The van der Waals surface area contributed by atoms with Crippen LogP contribution in [0.2, 0.25) is 0 Å². The van der Waals surface area contributed by atoms with E-state index in [1.165, 1.54) is 39.8 Å². The molecule has 1 amide bonds. The number of benzene rings is 1. The van der Waals surface area contributed by atoms with Crippen molar-refractivity contribution in [1.29, 1.82) is 0 Å². The van der Waals surface area contributed by atoms with Gasteiger partial charge in [-0.3, -0.25) is 14.7 Å². The van der Waals surface area contributed by atoms with Gasteiger partial charge in [0.05, 0.1) is 6.54 Å². The van der Waals surface area contributed by atoms with Crippen molar-refractivity contribution in [3.63, 3.8) is 0 Å². The molecule has 18 heavy (non-hydrogen) atoms. The van der Waals surface area contributed by atoms with E-state index in [0.29, 0.717) is 5.17 Å². The molecule has 1 aromatic carbocycles. The van der Waals surface area contributed by atoms with Crippen molar-refractivity contribution in [2.24, 2.45) is 9.98 Å². The molecule has 1 aromatic rings. The normalized spacial score (nSPS) is 20.2. The maximum absolute atomic E-state index is 13.0. The van der Waals surface area contributed by atoms with Crippen LogP contribution < -0.4 is 0 Å². The molecule has 0 aliphatic carbocycles. The predicted molar refractivity (Wildman–Crippen MR) is 72.4 cm³/mol. The zero-order chi connectivity index (χ0) is 12.5. The lowest BCUT2D eigenvalue weighted by Gasteiger charge is -2.09. The van der Waals surface area contributed by atoms with E-state index in [1.807, 2.05) is 4.90 Å². The third kappa shape index (κ3) is 2.15. The van der Waals surface area contributed by atoms with Gasteiger partial charge in [-0.25, -0.2) is 4.39 Å². The van der Waals surface area contributed by atoms with Gasteiger partial charge in [-0.2, -0.15) is 4.99 Å². The minimum absolute atomic E-state index is 0.262. The Morgan fingerprint density at radius 1 is 1.44 bits per heavy atom. The summed E-state index contributed by atoms with van der Waals surface area (Å²) in [4.78, 5) is 22.1. The van der Waals surface area contributed by atoms with Crippen LogP contribution in [0.25, 0.3) is 0 Å². The Kier molecular flexibility index (Phi) is 3.09. The minimum Gasteiger partial charge on any atom is -0.297 e. The van der Waals surface area contributed by atoms with Crippen LogP contribution in [0.1, 0.15) is 10.4 Å². The fourth-order valence-electron chi connectivity index (χ4n) is 1.65. The summed E-state index contributed by atoms with van der Waals surface area (Å²) < 4.78 is 13.0. The second-order valence-corrected chi connectivity index (χ2v) is 5.76. The highest BCUT2D eigenvalue weighted by atomic mass is 33.1.